The van der Waals surface area contributed by atoms with Gasteiger partial charge in [-0.15, -0.1) is 10.2 Å². The summed E-state index contributed by atoms with van der Waals surface area (Å²) in [6.07, 6.45) is 0.907. The SMILES string of the molecule is Cc1nnc2sc(C(=O)N3c4ccccc4CC3C)c(C)n12. The first-order valence-electron chi connectivity index (χ1n) is 7.30. The van der Waals surface area contributed by atoms with Crippen LogP contribution in [0.4, 0.5) is 5.69 Å². The van der Waals surface area contributed by atoms with Gasteiger partial charge in [-0.2, -0.15) is 0 Å². The van der Waals surface area contributed by atoms with Gasteiger partial charge >= 0.3 is 0 Å². The van der Waals surface area contributed by atoms with Gasteiger partial charge in [-0.05, 0) is 38.8 Å². The molecule has 1 aromatic carbocycles. The minimum absolute atomic E-state index is 0.0600. The quantitative estimate of drug-likeness (QED) is 0.694. The molecule has 0 bridgehead atoms. The molecule has 3 heterocycles. The fourth-order valence-corrected chi connectivity index (χ4v) is 4.29. The minimum atomic E-state index is 0.0600. The molecule has 3 aromatic rings. The number of carbonyl (C=O) groups is 1. The molecule has 22 heavy (non-hydrogen) atoms. The van der Waals surface area contributed by atoms with Gasteiger partial charge in [-0.3, -0.25) is 9.20 Å². The van der Waals surface area contributed by atoms with Crippen LogP contribution in [0.1, 0.15) is 33.7 Å². The van der Waals surface area contributed by atoms with Crippen LogP contribution >= 0.6 is 11.3 Å². The first-order chi connectivity index (χ1) is 10.6. The van der Waals surface area contributed by atoms with Gasteiger partial charge in [0, 0.05) is 17.4 Å². The summed E-state index contributed by atoms with van der Waals surface area (Å²) in [5.74, 6) is 0.877. The van der Waals surface area contributed by atoms with Crippen molar-refractivity contribution in [1.82, 2.24) is 14.6 Å². The average molecular weight is 312 g/mol. The molecule has 6 heteroatoms. The maximum Gasteiger partial charge on any atom is 0.270 e. The Labute approximate surface area is 132 Å². The molecule has 1 atom stereocenters. The lowest BCUT2D eigenvalue weighted by Gasteiger charge is -2.22. The third kappa shape index (κ3) is 1.73. The second kappa shape index (κ2) is 4.64. The predicted octanol–water partition coefficient (Wildman–Crippen LogP) is 3.00. The first kappa shape index (κ1) is 13.5. The molecule has 1 unspecified atom stereocenters. The smallest absolute Gasteiger partial charge is 0.270 e. The van der Waals surface area contributed by atoms with E-state index in [1.165, 1.54) is 16.9 Å². The number of para-hydroxylation sites is 1. The van der Waals surface area contributed by atoms with Crippen LogP contribution in [0.15, 0.2) is 24.3 Å². The standard InChI is InChI=1S/C16H16N4OS/c1-9-8-12-6-4-5-7-13(12)19(9)15(21)14-10(2)20-11(3)17-18-16(20)22-14/h4-7,9H,8H2,1-3H3. The topological polar surface area (TPSA) is 50.5 Å². The molecule has 4 rings (SSSR count). The molecule has 0 saturated heterocycles. The van der Waals surface area contributed by atoms with Crippen molar-refractivity contribution < 1.29 is 4.79 Å². The highest BCUT2D eigenvalue weighted by atomic mass is 32.1. The van der Waals surface area contributed by atoms with Crippen LogP contribution in [0.2, 0.25) is 0 Å². The molecule has 1 amide bonds. The van der Waals surface area contributed by atoms with Gasteiger partial charge in [0.15, 0.2) is 0 Å². The number of benzene rings is 1. The van der Waals surface area contributed by atoms with Crippen LogP contribution < -0.4 is 4.90 Å². The van der Waals surface area contributed by atoms with E-state index in [1.54, 1.807) is 0 Å². The number of fused-ring (bicyclic) bond motifs is 2. The molecule has 2 aromatic heterocycles. The number of aromatic nitrogens is 3. The number of hydrogen-bond donors (Lipinski definition) is 0. The summed E-state index contributed by atoms with van der Waals surface area (Å²) in [6.45, 7) is 5.96. The van der Waals surface area contributed by atoms with E-state index in [9.17, 15) is 4.79 Å². The maximum absolute atomic E-state index is 13.1. The Morgan fingerprint density at radius 2 is 2.05 bits per heavy atom. The predicted molar refractivity (Wildman–Crippen MR) is 86.8 cm³/mol. The van der Waals surface area contributed by atoms with Gasteiger partial charge in [-0.25, -0.2) is 0 Å². The Morgan fingerprint density at radius 3 is 2.82 bits per heavy atom. The summed E-state index contributed by atoms with van der Waals surface area (Å²) in [5, 5.41) is 8.20. The van der Waals surface area contributed by atoms with E-state index in [2.05, 4.69) is 23.2 Å². The third-order valence-corrected chi connectivity index (χ3v) is 5.39. The molecule has 0 radical (unpaired) electrons. The van der Waals surface area contributed by atoms with E-state index in [0.29, 0.717) is 0 Å². The molecule has 1 aliphatic heterocycles. The van der Waals surface area contributed by atoms with Crippen LogP contribution in [0, 0.1) is 13.8 Å². The van der Waals surface area contributed by atoms with Crippen molar-refractivity contribution in [2.24, 2.45) is 0 Å². The van der Waals surface area contributed by atoms with Crippen molar-refractivity contribution in [3.05, 3.63) is 46.2 Å². The van der Waals surface area contributed by atoms with E-state index in [0.717, 1.165) is 33.5 Å². The van der Waals surface area contributed by atoms with E-state index in [-0.39, 0.29) is 11.9 Å². The molecule has 0 aliphatic carbocycles. The lowest BCUT2D eigenvalue weighted by molar-refractivity contribution is 0.0984. The fourth-order valence-electron chi connectivity index (χ4n) is 3.24. The van der Waals surface area contributed by atoms with Crippen molar-refractivity contribution in [1.29, 1.82) is 0 Å². The highest BCUT2D eigenvalue weighted by Crippen LogP contribution is 2.35. The summed E-state index contributed by atoms with van der Waals surface area (Å²) in [5.41, 5.74) is 3.18. The third-order valence-electron chi connectivity index (χ3n) is 4.27. The van der Waals surface area contributed by atoms with Gasteiger partial charge in [0.2, 0.25) is 4.96 Å². The Hall–Kier alpha value is -2.21. The molecule has 1 aliphatic rings. The van der Waals surface area contributed by atoms with Crippen LogP contribution in [-0.2, 0) is 6.42 Å². The Bertz CT molecular complexity index is 895. The van der Waals surface area contributed by atoms with Gasteiger partial charge in [0.1, 0.15) is 10.7 Å². The zero-order chi connectivity index (χ0) is 15.4. The van der Waals surface area contributed by atoms with Crippen molar-refractivity contribution in [3.8, 4) is 0 Å². The monoisotopic (exact) mass is 312 g/mol. The Balaban J connectivity index is 1.82. The van der Waals surface area contributed by atoms with Crippen molar-refractivity contribution in [2.45, 2.75) is 33.2 Å². The number of hydrogen-bond acceptors (Lipinski definition) is 4. The summed E-state index contributed by atoms with van der Waals surface area (Å²) >= 11 is 1.41. The molecule has 5 nitrogen and oxygen atoms in total. The number of nitrogens with zero attached hydrogens (tertiary/aromatic N) is 4. The highest BCUT2D eigenvalue weighted by molar-refractivity contribution is 7.19. The van der Waals surface area contributed by atoms with Gasteiger partial charge < -0.3 is 4.90 Å². The zero-order valence-corrected chi connectivity index (χ0v) is 13.5. The number of amides is 1. The van der Waals surface area contributed by atoms with Crippen molar-refractivity contribution in [2.75, 3.05) is 4.90 Å². The number of thiazole rings is 1. The van der Waals surface area contributed by atoms with E-state index in [4.69, 9.17) is 0 Å². The van der Waals surface area contributed by atoms with E-state index < -0.39 is 0 Å². The second-order valence-electron chi connectivity index (χ2n) is 5.74. The van der Waals surface area contributed by atoms with E-state index in [1.807, 2.05) is 41.3 Å². The molecule has 0 fully saturated rings. The Kier molecular flexibility index (Phi) is 2.84. The van der Waals surface area contributed by atoms with Gasteiger partial charge in [-0.1, -0.05) is 29.5 Å². The summed E-state index contributed by atoms with van der Waals surface area (Å²) in [7, 11) is 0. The maximum atomic E-state index is 13.1. The molecule has 112 valence electrons. The number of rotatable bonds is 1. The fraction of sp³-hybridized carbons (Fsp3) is 0.312. The molecule has 0 saturated carbocycles. The highest BCUT2D eigenvalue weighted by Gasteiger charge is 2.33. The van der Waals surface area contributed by atoms with Gasteiger partial charge in [0.25, 0.3) is 5.91 Å². The summed E-state index contributed by atoms with van der Waals surface area (Å²) in [4.78, 5) is 16.5. The summed E-state index contributed by atoms with van der Waals surface area (Å²) < 4.78 is 1.95. The normalized spacial score (nSPS) is 17.2. The van der Waals surface area contributed by atoms with Crippen LogP contribution in [0.25, 0.3) is 4.96 Å². The number of anilines is 1. The van der Waals surface area contributed by atoms with Gasteiger partial charge in [0.05, 0.1) is 0 Å². The second-order valence-corrected chi connectivity index (χ2v) is 6.72. The minimum Gasteiger partial charge on any atom is -0.304 e. The number of carbonyl (C=O) groups excluding carboxylic acids is 1. The Morgan fingerprint density at radius 1 is 1.27 bits per heavy atom. The molecular weight excluding hydrogens is 296 g/mol. The zero-order valence-electron chi connectivity index (χ0n) is 12.7. The van der Waals surface area contributed by atoms with Crippen LogP contribution in [0.3, 0.4) is 0 Å². The average Bonchev–Trinajstić information content (AvgIpc) is 3.12. The first-order valence-corrected chi connectivity index (χ1v) is 8.12. The molecule has 0 N–H and O–H groups in total. The van der Waals surface area contributed by atoms with E-state index >= 15 is 0 Å². The number of aryl methyl sites for hydroxylation is 2. The lowest BCUT2D eigenvalue weighted by Crippen LogP contribution is -2.35. The van der Waals surface area contributed by atoms with Crippen LogP contribution in [0.5, 0.6) is 0 Å². The van der Waals surface area contributed by atoms with Crippen LogP contribution in [-0.4, -0.2) is 26.5 Å². The molecule has 0 spiro atoms. The lowest BCUT2D eigenvalue weighted by atomic mass is 10.1. The summed E-state index contributed by atoms with van der Waals surface area (Å²) in [6, 6.07) is 8.31. The van der Waals surface area contributed by atoms with Crippen molar-refractivity contribution >= 4 is 27.9 Å². The largest absolute Gasteiger partial charge is 0.304 e. The van der Waals surface area contributed by atoms with Crippen molar-refractivity contribution in [3.63, 3.8) is 0 Å². The molecular formula is C16H16N4OS.